The highest BCUT2D eigenvalue weighted by atomic mass is 32.2. The number of hydrogen-bond donors (Lipinski definition) is 2. The Balaban J connectivity index is 1.26. The molecule has 0 bridgehead atoms. The van der Waals surface area contributed by atoms with Gasteiger partial charge in [-0.2, -0.15) is 0 Å². The Kier molecular flexibility index (Phi) is 4.73. The molecule has 1 aliphatic carbocycles. The van der Waals surface area contributed by atoms with Crippen LogP contribution in [0.5, 0.6) is 0 Å². The first-order valence-electron chi connectivity index (χ1n) is 9.43. The van der Waals surface area contributed by atoms with Crippen molar-refractivity contribution in [2.24, 2.45) is 11.8 Å². The summed E-state index contributed by atoms with van der Waals surface area (Å²) in [5, 5.41) is 2.98. The molecule has 2 aromatic rings. The van der Waals surface area contributed by atoms with E-state index in [0.29, 0.717) is 24.8 Å². The number of imidazole rings is 1. The third-order valence-electron chi connectivity index (χ3n) is 5.81. The zero-order valence-electron chi connectivity index (χ0n) is 14.8. The van der Waals surface area contributed by atoms with Gasteiger partial charge in [0.25, 0.3) is 0 Å². The van der Waals surface area contributed by atoms with Crippen molar-refractivity contribution < 1.29 is 13.2 Å². The summed E-state index contributed by atoms with van der Waals surface area (Å²) in [6.45, 7) is 0.655. The molecule has 2 heterocycles. The molecule has 1 saturated heterocycles. The van der Waals surface area contributed by atoms with Gasteiger partial charge in [0.2, 0.25) is 5.91 Å². The maximum Gasteiger partial charge on any atom is 0.224 e. The third kappa shape index (κ3) is 3.77. The number of fused-ring (bicyclic) bond motifs is 1. The number of rotatable bonds is 4. The van der Waals surface area contributed by atoms with Gasteiger partial charge in [0, 0.05) is 12.5 Å². The van der Waals surface area contributed by atoms with Crippen LogP contribution >= 0.6 is 0 Å². The van der Waals surface area contributed by atoms with Crippen LogP contribution in [0.3, 0.4) is 0 Å². The molecule has 0 radical (unpaired) electrons. The van der Waals surface area contributed by atoms with Gasteiger partial charge in [-0.3, -0.25) is 4.79 Å². The Bertz CT molecular complexity index is 865. The summed E-state index contributed by atoms with van der Waals surface area (Å²) in [5.41, 5.74) is 2.10. The average Bonchev–Trinajstić information content (AvgIpc) is 3.23. The van der Waals surface area contributed by atoms with E-state index >= 15 is 0 Å². The summed E-state index contributed by atoms with van der Waals surface area (Å²) in [5.74, 6) is 1.71. The number of aromatic nitrogens is 2. The number of carbonyl (C=O) groups is 1. The van der Waals surface area contributed by atoms with Gasteiger partial charge in [0.05, 0.1) is 28.5 Å². The smallest absolute Gasteiger partial charge is 0.224 e. The lowest BCUT2D eigenvalue weighted by Gasteiger charge is -2.27. The molecule has 1 aliphatic heterocycles. The van der Waals surface area contributed by atoms with Crippen molar-refractivity contribution in [3.05, 3.63) is 30.1 Å². The van der Waals surface area contributed by atoms with Crippen LogP contribution in [0, 0.1) is 11.8 Å². The van der Waals surface area contributed by atoms with Crippen molar-refractivity contribution in [2.45, 2.75) is 38.0 Å². The van der Waals surface area contributed by atoms with E-state index in [-0.39, 0.29) is 23.3 Å². The van der Waals surface area contributed by atoms with Crippen LogP contribution in [0.2, 0.25) is 0 Å². The van der Waals surface area contributed by atoms with Crippen LogP contribution in [0.25, 0.3) is 11.0 Å². The fourth-order valence-corrected chi connectivity index (χ4v) is 5.94. The number of sulfone groups is 1. The van der Waals surface area contributed by atoms with Crippen LogP contribution in [0.15, 0.2) is 24.3 Å². The lowest BCUT2D eigenvalue weighted by molar-refractivity contribution is -0.124. The van der Waals surface area contributed by atoms with E-state index in [0.717, 1.165) is 42.5 Å². The molecule has 2 N–H and O–H groups in total. The van der Waals surface area contributed by atoms with Gasteiger partial charge in [-0.1, -0.05) is 12.1 Å². The zero-order valence-corrected chi connectivity index (χ0v) is 15.6. The SMILES string of the molecule is O=C(NCC1CCC(c2nc3ccccc3[nH]2)CC1)[C@H]1CCS(=O)(=O)C1. The number of benzene rings is 1. The first kappa shape index (κ1) is 17.5. The highest BCUT2D eigenvalue weighted by Gasteiger charge is 2.33. The Morgan fingerprint density at radius 3 is 2.62 bits per heavy atom. The standard InChI is InChI=1S/C19H25N3O3S/c23-19(15-9-10-26(24,25)12-15)20-11-13-5-7-14(8-6-13)18-21-16-3-1-2-4-17(16)22-18/h1-4,13-15H,5-12H2,(H,20,23)(H,21,22)/t13?,14?,15-/m0/s1. The molecule has 140 valence electrons. The second kappa shape index (κ2) is 7.02. The van der Waals surface area contributed by atoms with Crippen LogP contribution < -0.4 is 5.32 Å². The summed E-state index contributed by atoms with van der Waals surface area (Å²) in [6.07, 6.45) is 4.72. The van der Waals surface area contributed by atoms with Crippen LogP contribution in [-0.2, 0) is 14.6 Å². The molecule has 2 aliphatic rings. The molecule has 7 heteroatoms. The summed E-state index contributed by atoms with van der Waals surface area (Å²) in [7, 11) is -3.00. The largest absolute Gasteiger partial charge is 0.356 e. The molecule has 1 saturated carbocycles. The predicted molar refractivity (Wildman–Crippen MR) is 101 cm³/mol. The molecule has 1 aromatic heterocycles. The molecule has 4 rings (SSSR count). The quantitative estimate of drug-likeness (QED) is 0.858. The fourth-order valence-electron chi connectivity index (χ4n) is 4.20. The van der Waals surface area contributed by atoms with E-state index in [2.05, 4.69) is 16.4 Å². The molecule has 26 heavy (non-hydrogen) atoms. The van der Waals surface area contributed by atoms with Gasteiger partial charge in [-0.25, -0.2) is 13.4 Å². The number of nitrogens with zero attached hydrogens (tertiary/aromatic N) is 1. The molecule has 1 amide bonds. The Labute approximate surface area is 153 Å². The molecule has 6 nitrogen and oxygen atoms in total. The monoisotopic (exact) mass is 375 g/mol. The van der Waals surface area contributed by atoms with E-state index in [1.165, 1.54) is 0 Å². The van der Waals surface area contributed by atoms with Crippen LogP contribution in [0.4, 0.5) is 0 Å². The first-order valence-corrected chi connectivity index (χ1v) is 11.2. The normalized spacial score (nSPS) is 28.2. The van der Waals surface area contributed by atoms with Gasteiger partial charge in [0.1, 0.15) is 5.82 Å². The van der Waals surface area contributed by atoms with Gasteiger partial charge in [0.15, 0.2) is 9.84 Å². The van der Waals surface area contributed by atoms with Crippen LogP contribution in [-0.4, -0.2) is 42.3 Å². The first-order chi connectivity index (χ1) is 12.5. The second-order valence-electron chi connectivity index (χ2n) is 7.70. The second-order valence-corrected chi connectivity index (χ2v) is 9.93. The van der Waals surface area contributed by atoms with E-state index < -0.39 is 9.84 Å². The molecule has 1 aromatic carbocycles. The van der Waals surface area contributed by atoms with Crippen molar-refractivity contribution in [1.29, 1.82) is 0 Å². The average molecular weight is 375 g/mol. The molecular formula is C19H25N3O3S. The lowest BCUT2D eigenvalue weighted by atomic mass is 9.81. The third-order valence-corrected chi connectivity index (χ3v) is 7.58. The number of H-pyrrole nitrogens is 1. The van der Waals surface area contributed by atoms with Gasteiger partial charge in [-0.05, 0) is 50.2 Å². The minimum absolute atomic E-state index is 0.0115. The van der Waals surface area contributed by atoms with Gasteiger partial charge < -0.3 is 10.3 Å². The minimum Gasteiger partial charge on any atom is -0.356 e. The number of carbonyl (C=O) groups excluding carboxylic acids is 1. The number of hydrogen-bond acceptors (Lipinski definition) is 4. The maximum atomic E-state index is 12.2. The van der Waals surface area contributed by atoms with Crippen molar-refractivity contribution in [2.75, 3.05) is 18.1 Å². The lowest BCUT2D eigenvalue weighted by Crippen LogP contribution is -2.36. The summed E-state index contributed by atoms with van der Waals surface area (Å²) < 4.78 is 23.0. The summed E-state index contributed by atoms with van der Waals surface area (Å²) >= 11 is 0. The van der Waals surface area contributed by atoms with Crippen molar-refractivity contribution >= 4 is 26.8 Å². The maximum absolute atomic E-state index is 12.2. The van der Waals surface area contributed by atoms with Gasteiger partial charge in [-0.15, -0.1) is 0 Å². The number of nitrogens with one attached hydrogen (secondary N) is 2. The Morgan fingerprint density at radius 2 is 1.92 bits per heavy atom. The van der Waals surface area contributed by atoms with E-state index in [1.54, 1.807) is 0 Å². The molecule has 2 fully saturated rings. The Morgan fingerprint density at radius 1 is 1.15 bits per heavy atom. The van der Waals surface area contributed by atoms with E-state index in [4.69, 9.17) is 4.98 Å². The summed E-state index contributed by atoms with van der Waals surface area (Å²) in [4.78, 5) is 20.3. The zero-order chi connectivity index (χ0) is 18.1. The molecule has 0 spiro atoms. The number of para-hydroxylation sites is 2. The van der Waals surface area contributed by atoms with E-state index in [9.17, 15) is 13.2 Å². The fraction of sp³-hybridized carbons (Fsp3) is 0.579. The van der Waals surface area contributed by atoms with Crippen molar-refractivity contribution in [3.63, 3.8) is 0 Å². The van der Waals surface area contributed by atoms with Crippen molar-refractivity contribution in [3.8, 4) is 0 Å². The van der Waals surface area contributed by atoms with E-state index in [1.807, 2.05) is 18.2 Å². The highest BCUT2D eigenvalue weighted by Crippen LogP contribution is 2.35. The molecule has 1 atom stereocenters. The summed E-state index contributed by atoms with van der Waals surface area (Å²) in [6, 6.07) is 8.09. The topological polar surface area (TPSA) is 91.9 Å². The van der Waals surface area contributed by atoms with Gasteiger partial charge >= 0.3 is 0 Å². The molecular weight excluding hydrogens is 350 g/mol. The highest BCUT2D eigenvalue weighted by molar-refractivity contribution is 7.91. The minimum atomic E-state index is -3.00. The van der Waals surface area contributed by atoms with Crippen molar-refractivity contribution in [1.82, 2.24) is 15.3 Å². The Hall–Kier alpha value is -1.89. The number of amides is 1. The predicted octanol–water partition coefficient (Wildman–Crippen LogP) is 2.39. The van der Waals surface area contributed by atoms with Crippen LogP contribution in [0.1, 0.15) is 43.8 Å². The molecule has 0 unspecified atom stereocenters. The number of aromatic amines is 1.